The van der Waals surface area contributed by atoms with Crippen molar-refractivity contribution in [3.05, 3.63) is 59.1 Å². The molecule has 0 N–H and O–H groups in total. The van der Waals surface area contributed by atoms with E-state index in [-0.39, 0.29) is 5.82 Å². The molecule has 0 fully saturated rings. The predicted molar refractivity (Wildman–Crippen MR) is 67.6 cm³/mol. The highest BCUT2D eigenvalue weighted by molar-refractivity contribution is 9.10. The van der Waals surface area contributed by atoms with Gasteiger partial charge in [-0.15, -0.1) is 0 Å². The molecular formula is C13H7BrFN2. The summed E-state index contributed by atoms with van der Waals surface area (Å²) >= 11 is 3.38. The van der Waals surface area contributed by atoms with Crippen molar-refractivity contribution in [1.82, 2.24) is 9.55 Å². The smallest absolute Gasteiger partial charge is 0.182 e. The van der Waals surface area contributed by atoms with E-state index in [0.717, 1.165) is 15.7 Å². The monoisotopic (exact) mass is 289 g/mol. The lowest BCUT2D eigenvalue weighted by atomic mass is 10.3. The standard InChI is InChI=1S/C13H7BrFN2/c14-9-1-4-11(5-2-9)17-8-16-12-6-3-10(15)7-13(12)17/h1-7H. The summed E-state index contributed by atoms with van der Waals surface area (Å²) in [6, 6.07) is 12.2. The largest absolute Gasteiger partial charge is 0.290 e. The Bertz CT molecular complexity index is 673. The maximum atomic E-state index is 13.2. The Kier molecular flexibility index (Phi) is 2.44. The maximum absolute atomic E-state index is 13.2. The molecule has 0 unspecified atom stereocenters. The molecule has 0 atom stereocenters. The molecule has 17 heavy (non-hydrogen) atoms. The molecule has 4 heteroatoms. The fourth-order valence-corrected chi connectivity index (χ4v) is 1.98. The summed E-state index contributed by atoms with van der Waals surface area (Å²) in [6.07, 6.45) is 2.86. The lowest BCUT2D eigenvalue weighted by Crippen LogP contribution is -1.92. The van der Waals surface area contributed by atoms with Crippen LogP contribution in [-0.4, -0.2) is 9.55 Å². The topological polar surface area (TPSA) is 17.8 Å². The summed E-state index contributed by atoms with van der Waals surface area (Å²) in [7, 11) is 0. The molecule has 2 aromatic carbocycles. The second kappa shape index (κ2) is 3.96. The minimum atomic E-state index is -0.273. The van der Waals surface area contributed by atoms with E-state index in [1.54, 1.807) is 10.6 Å². The van der Waals surface area contributed by atoms with Gasteiger partial charge in [0.15, 0.2) is 6.33 Å². The quantitative estimate of drug-likeness (QED) is 0.667. The Morgan fingerprint density at radius 1 is 1.12 bits per heavy atom. The zero-order valence-electron chi connectivity index (χ0n) is 8.69. The average molecular weight is 290 g/mol. The van der Waals surface area contributed by atoms with Gasteiger partial charge in [0.1, 0.15) is 5.82 Å². The highest BCUT2D eigenvalue weighted by atomic mass is 79.9. The van der Waals surface area contributed by atoms with Crippen LogP contribution >= 0.6 is 15.9 Å². The Labute approximate surface area is 106 Å². The third-order valence-electron chi connectivity index (χ3n) is 2.53. The molecule has 0 amide bonds. The van der Waals surface area contributed by atoms with Crippen molar-refractivity contribution in [3.8, 4) is 5.69 Å². The Hall–Kier alpha value is -1.68. The number of benzene rings is 2. The fourth-order valence-electron chi connectivity index (χ4n) is 1.71. The number of halogens is 2. The van der Waals surface area contributed by atoms with Crippen LogP contribution in [0.15, 0.2) is 46.9 Å². The highest BCUT2D eigenvalue weighted by Gasteiger charge is 2.06. The second-order valence-corrected chi connectivity index (χ2v) is 4.57. The van der Waals surface area contributed by atoms with Gasteiger partial charge in [0.25, 0.3) is 0 Å². The molecule has 1 heterocycles. The summed E-state index contributed by atoms with van der Waals surface area (Å²) in [5, 5.41) is 0. The van der Waals surface area contributed by atoms with Crippen LogP contribution in [-0.2, 0) is 0 Å². The van der Waals surface area contributed by atoms with Gasteiger partial charge < -0.3 is 0 Å². The van der Waals surface area contributed by atoms with Crippen LogP contribution in [0.25, 0.3) is 16.7 Å². The van der Waals surface area contributed by atoms with Crippen molar-refractivity contribution in [2.45, 2.75) is 0 Å². The van der Waals surface area contributed by atoms with Gasteiger partial charge in [-0.1, -0.05) is 15.9 Å². The molecule has 0 saturated heterocycles. The Balaban J connectivity index is 2.23. The van der Waals surface area contributed by atoms with E-state index < -0.39 is 0 Å². The molecule has 83 valence electrons. The van der Waals surface area contributed by atoms with Crippen molar-refractivity contribution in [2.24, 2.45) is 0 Å². The van der Waals surface area contributed by atoms with Crippen molar-refractivity contribution in [2.75, 3.05) is 0 Å². The summed E-state index contributed by atoms with van der Waals surface area (Å²) in [5.41, 5.74) is 2.35. The molecule has 2 nitrogen and oxygen atoms in total. The van der Waals surface area contributed by atoms with Crippen LogP contribution in [0.1, 0.15) is 0 Å². The minimum Gasteiger partial charge on any atom is -0.290 e. The molecule has 1 aromatic heterocycles. The number of imidazole rings is 1. The van der Waals surface area contributed by atoms with E-state index in [1.165, 1.54) is 12.1 Å². The van der Waals surface area contributed by atoms with Gasteiger partial charge >= 0.3 is 0 Å². The molecule has 3 aromatic rings. The van der Waals surface area contributed by atoms with Crippen molar-refractivity contribution >= 4 is 27.0 Å². The molecule has 0 aliphatic carbocycles. The van der Waals surface area contributed by atoms with Crippen molar-refractivity contribution in [3.63, 3.8) is 0 Å². The molecule has 0 aliphatic heterocycles. The first-order valence-electron chi connectivity index (χ1n) is 5.06. The fraction of sp³-hybridized carbons (Fsp3) is 0. The van der Waals surface area contributed by atoms with Crippen LogP contribution in [0.4, 0.5) is 4.39 Å². The van der Waals surface area contributed by atoms with Crippen LogP contribution in [0.3, 0.4) is 0 Å². The zero-order valence-corrected chi connectivity index (χ0v) is 10.3. The summed E-state index contributed by atoms with van der Waals surface area (Å²) in [6.45, 7) is 0. The number of fused-ring (bicyclic) bond motifs is 1. The van der Waals surface area contributed by atoms with Crippen LogP contribution in [0, 0.1) is 12.1 Å². The highest BCUT2D eigenvalue weighted by Crippen LogP contribution is 2.20. The zero-order chi connectivity index (χ0) is 11.8. The number of hydrogen-bond donors (Lipinski definition) is 0. The van der Waals surface area contributed by atoms with Crippen LogP contribution in [0.5, 0.6) is 0 Å². The molecule has 0 spiro atoms. The summed E-state index contributed by atoms with van der Waals surface area (Å²) in [5.74, 6) is -0.273. The average Bonchev–Trinajstić information content (AvgIpc) is 2.73. The van der Waals surface area contributed by atoms with Crippen molar-refractivity contribution in [1.29, 1.82) is 0 Å². The van der Waals surface area contributed by atoms with E-state index in [9.17, 15) is 4.39 Å². The van der Waals surface area contributed by atoms with Gasteiger partial charge in [-0.3, -0.25) is 4.57 Å². The molecular weight excluding hydrogens is 283 g/mol. The van der Waals surface area contributed by atoms with E-state index in [1.807, 2.05) is 24.3 Å². The number of hydrogen-bond acceptors (Lipinski definition) is 1. The third kappa shape index (κ3) is 1.85. The van der Waals surface area contributed by atoms with Gasteiger partial charge in [0.05, 0.1) is 11.0 Å². The van der Waals surface area contributed by atoms with Crippen LogP contribution < -0.4 is 0 Å². The lowest BCUT2D eigenvalue weighted by molar-refractivity contribution is 0.629. The van der Waals surface area contributed by atoms with Gasteiger partial charge in [-0.05, 0) is 36.4 Å². The number of aromatic nitrogens is 2. The van der Waals surface area contributed by atoms with Crippen molar-refractivity contribution < 1.29 is 4.39 Å². The van der Waals surface area contributed by atoms with Gasteiger partial charge in [0, 0.05) is 16.2 Å². The van der Waals surface area contributed by atoms with E-state index in [4.69, 9.17) is 0 Å². The van der Waals surface area contributed by atoms with Gasteiger partial charge in [0.2, 0.25) is 0 Å². The van der Waals surface area contributed by atoms with Gasteiger partial charge in [-0.25, -0.2) is 9.37 Å². The second-order valence-electron chi connectivity index (χ2n) is 3.66. The Morgan fingerprint density at radius 2 is 1.88 bits per heavy atom. The SMILES string of the molecule is Fc1ccc2n[c]n(-c3ccc(Br)cc3)c2c1. The Morgan fingerprint density at radius 3 is 2.65 bits per heavy atom. The first-order chi connectivity index (χ1) is 8.24. The molecule has 0 saturated carbocycles. The number of rotatable bonds is 1. The predicted octanol–water partition coefficient (Wildman–Crippen LogP) is 3.73. The maximum Gasteiger partial charge on any atom is 0.182 e. The van der Waals surface area contributed by atoms with Gasteiger partial charge in [-0.2, -0.15) is 0 Å². The first kappa shape index (κ1) is 10.5. The van der Waals surface area contributed by atoms with E-state index >= 15 is 0 Å². The molecule has 0 bridgehead atoms. The van der Waals surface area contributed by atoms with E-state index in [2.05, 4.69) is 27.2 Å². The number of nitrogens with zero attached hydrogens (tertiary/aromatic N) is 2. The lowest BCUT2D eigenvalue weighted by Gasteiger charge is -2.03. The van der Waals surface area contributed by atoms with E-state index in [0.29, 0.717) is 5.52 Å². The molecule has 1 radical (unpaired) electrons. The normalized spacial score (nSPS) is 10.9. The molecule has 0 aliphatic rings. The first-order valence-corrected chi connectivity index (χ1v) is 5.85. The summed E-state index contributed by atoms with van der Waals surface area (Å²) in [4.78, 5) is 4.12. The summed E-state index contributed by atoms with van der Waals surface area (Å²) < 4.78 is 15.9. The third-order valence-corrected chi connectivity index (χ3v) is 3.06. The van der Waals surface area contributed by atoms with Crippen LogP contribution in [0.2, 0.25) is 0 Å². The minimum absolute atomic E-state index is 0.273. The molecule has 3 rings (SSSR count).